The van der Waals surface area contributed by atoms with Crippen LogP contribution < -0.4 is 5.32 Å². The van der Waals surface area contributed by atoms with Gasteiger partial charge in [0.25, 0.3) is 0 Å². The minimum Gasteiger partial charge on any atom is -0.329 e. The fourth-order valence-corrected chi connectivity index (χ4v) is 1.37. The maximum absolute atomic E-state index is 6.76. The van der Waals surface area contributed by atoms with Crippen LogP contribution in [0.2, 0.25) is 0 Å². The number of hydrogen-bond acceptors (Lipinski definition) is 2. The van der Waals surface area contributed by atoms with E-state index in [1.165, 1.54) is 5.56 Å². The first-order valence-corrected chi connectivity index (χ1v) is 4.86. The second-order valence-corrected chi connectivity index (χ2v) is 3.44. The van der Waals surface area contributed by atoms with Crippen LogP contribution in [0.15, 0.2) is 23.3 Å². The van der Waals surface area contributed by atoms with Gasteiger partial charge in [-0.05, 0) is 42.8 Å². The Labute approximate surface area is 89.0 Å². The summed E-state index contributed by atoms with van der Waals surface area (Å²) in [6.07, 6.45) is 0.934. The molecule has 0 aliphatic carbocycles. The summed E-state index contributed by atoms with van der Waals surface area (Å²) in [6.45, 7) is 4.10. The Morgan fingerprint density at radius 1 is 1.57 bits per heavy atom. The Balaban J connectivity index is 2.98. The van der Waals surface area contributed by atoms with Gasteiger partial charge in [-0.2, -0.15) is 0 Å². The van der Waals surface area contributed by atoms with Crippen molar-refractivity contribution in [2.24, 2.45) is 5.11 Å². The molecule has 0 aliphatic rings. The van der Waals surface area contributed by atoms with Crippen LogP contribution in [0.1, 0.15) is 18.1 Å². The van der Waals surface area contributed by atoms with E-state index in [1.54, 1.807) is 0 Å². The van der Waals surface area contributed by atoms with Crippen LogP contribution in [0.25, 0.3) is 0 Å². The topological polar surface area (TPSA) is 48.2 Å². The maximum Gasteiger partial charge on any atom is 0.217 e. The third kappa shape index (κ3) is 2.60. The average molecular weight is 207 g/mol. The van der Waals surface area contributed by atoms with E-state index in [2.05, 4.69) is 29.5 Å². The second kappa shape index (κ2) is 4.81. The molecule has 0 saturated carbocycles. The van der Waals surface area contributed by atoms with Crippen molar-refractivity contribution in [3.8, 4) is 0 Å². The highest BCUT2D eigenvalue weighted by Crippen LogP contribution is 2.18. The first-order chi connectivity index (χ1) is 6.67. The minimum absolute atomic E-state index is 0.199. The lowest BCUT2D eigenvalue weighted by molar-refractivity contribution is 1.13. The van der Waals surface area contributed by atoms with Crippen molar-refractivity contribution in [1.29, 1.82) is 5.53 Å². The molecular formula is C10H13N3S. The van der Waals surface area contributed by atoms with Crippen molar-refractivity contribution < 1.29 is 0 Å². The summed E-state index contributed by atoms with van der Waals surface area (Å²) >= 11 is 4.82. The summed E-state index contributed by atoms with van der Waals surface area (Å²) in [4.78, 5) is 0. The molecule has 0 amide bonds. The van der Waals surface area contributed by atoms with E-state index in [-0.39, 0.29) is 5.11 Å². The van der Waals surface area contributed by atoms with Crippen LogP contribution in [0.5, 0.6) is 0 Å². The Morgan fingerprint density at radius 3 is 2.86 bits per heavy atom. The van der Waals surface area contributed by atoms with Crippen molar-refractivity contribution in [2.45, 2.75) is 20.3 Å². The van der Waals surface area contributed by atoms with Crippen LogP contribution in [-0.2, 0) is 6.42 Å². The van der Waals surface area contributed by atoms with Gasteiger partial charge in [0.2, 0.25) is 5.11 Å². The Kier molecular flexibility index (Phi) is 3.71. The van der Waals surface area contributed by atoms with Gasteiger partial charge < -0.3 is 5.32 Å². The molecule has 1 aromatic rings. The van der Waals surface area contributed by atoms with Crippen LogP contribution in [0.3, 0.4) is 0 Å². The van der Waals surface area contributed by atoms with Crippen LogP contribution in [-0.4, -0.2) is 5.11 Å². The van der Waals surface area contributed by atoms with Gasteiger partial charge in [-0.1, -0.05) is 19.1 Å². The number of anilines is 1. The van der Waals surface area contributed by atoms with Crippen LogP contribution in [0, 0.1) is 12.5 Å². The molecule has 0 aromatic heterocycles. The van der Waals surface area contributed by atoms with Gasteiger partial charge in [0.15, 0.2) is 0 Å². The zero-order valence-corrected chi connectivity index (χ0v) is 9.11. The Bertz CT molecular complexity index is 360. The van der Waals surface area contributed by atoms with Gasteiger partial charge >= 0.3 is 0 Å². The number of rotatable bonds is 2. The van der Waals surface area contributed by atoms with Crippen molar-refractivity contribution >= 4 is 23.0 Å². The third-order valence-electron chi connectivity index (χ3n) is 1.99. The first kappa shape index (κ1) is 10.8. The number of hydrogen-bond donors (Lipinski definition) is 2. The quantitative estimate of drug-likeness (QED) is 0.577. The molecule has 3 nitrogen and oxygen atoms in total. The lowest BCUT2D eigenvalue weighted by Crippen LogP contribution is -2.07. The smallest absolute Gasteiger partial charge is 0.217 e. The SMILES string of the molecule is CCc1ccc(C)cc1NC(=S)N=N. The molecule has 2 N–H and O–H groups in total. The lowest BCUT2D eigenvalue weighted by Gasteiger charge is -2.09. The predicted octanol–water partition coefficient (Wildman–Crippen LogP) is 3.29. The largest absolute Gasteiger partial charge is 0.329 e. The zero-order valence-electron chi connectivity index (χ0n) is 8.29. The molecule has 0 atom stereocenters. The number of aryl methyl sites for hydroxylation is 2. The maximum atomic E-state index is 6.76. The number of benzene rings is 1. The van der Waals surface area contributed by atoms with Gasteiger partial charge in [-0.25, -0.2) is 5.53 Å². The molecule has 74 valence electrons. The molecule has 0 saturated heterocycles. The molecule has 0 fully saturated rings. The molecule has 0 heterocycles. The molecule has 4 heteroatoms. The number of thiocarbonyl (C=S) groups is 1. The number of nitrogens with one attached hydrogen (secondary N) is 2. The molecule has 0 unspecified atom stereocenters. The highest BCUT2D eigenvalue weighted by molar-refractivity contribution is 7.80. The molecule has 0 aliphatic heterocycles. The molecule has 1 rings (SSSR count). The van der Waals surface area contributed by atoms with E-state index >= 15 is 0 Å². The minimum atomic E-state index is 0.199. The summed E-state index contributed by atoms with van der Waals surface area (Å²) in [7, 11) is 0. The fraction of sp³-hybridized carbons (Fsp3) is 0.300. The van der Waals surface area contributed by atoms with Gasteiger partial charge in [0.05, 0.1) is 0 Å². The summed E-state index contributed by atoms with van der Waals surface area (Å²) < 4.78 is 0. The number of nitrogens with zero attached hydrogens (tertiary/aromatic N) is 1. The van der Waals surface area contributed by atoms with E-state index in [4.69, 9.17) is 17.7 Å². The van der Waals surface area contributed by atoms with E-state index < -0.39 is 0 Å². The van der Waals surface area contributed by atoms with Crippen LogP contribution >= 0.6 is 12.2 Å². The predicted molar refractivity (Wildman–Crippen MR) is 61.9 cm³/mol. The van der Waals surface area contributed by atoms with Crippen molar-refractivity contribution in [3.05, 3.63) is 29.3 Å². The monoisotopic (exact) mass is 207 g/mol. The standard InChI is InChI=1S/C10H13N3S/c1-3-8-5-4-7(2)6-9(8)12-10(14)13-11/h4-6,11H,3H2,1-2H3,(H,12,14). The summed E-state index contributed by atoms with van der Waals surface area (Å²) in [5.41, 5.74) is 10.1. The van der Waals surface area contributed by atoms with E-state index in [9.17, 15) is 0 Å². The molecule has 0 radical (unpaired) electrons. The van der Waals surface area contributed by atoms with E-state index in [0.29, 0.717) is 0 Å². The Morgan fingerprint density at radius 2 is 2.29 bits per heavy atom. The van der Waals surface area contributed by atoms with Crippen molar-refractivity contribution in [1.82, 2.24) is 0 Å². The fourth-order valence-electron chi connectivity index (χ4n) is 1.26. The first-order valence-electron chi connectivity index (χ1n) is 4.45. The average Bonchev–Trinajstić information content (AvgIpc) is 2.18. The van der Waals surface area contributed by atoms with E-state index in [0.717, 1.165) is 17.7 Å². The van der Waals surface area contributed by atoms with Crippen molar-refractivity contribution in [2.75, 3.05) is 5.32 Å². The van der Waals surface area contributed by atoms with E-state index in [1.807, 2.05) is 13.0 Å². The van der Waals surface area contributed by atoms with Gasteiger partial charge in [0, 0.05) is 5.69 Å². The zero-order chi connectivity index (χ0) is 10.6. The molecule has 0 spiro atoms. The molecule has 0 bridgehead atoms. The van der Waals surface area contributed by atoms with Crippen molar-refractivity contribution in [3.63, 3.8) is 0 Å². The highest BCUT2D eigenvalue weighted by Gasteiger charge is 2.02. The van der Waals surface area contributed by atoms with Gasteiger partial charge in [-0.15, -0.1) is 5.11 Å². The Hall–Kier alpha value is -1.29. The molecular weight excluding hydrogens is 194 g/mol. The summed E-state index contributed by atoms with van der Waals surface area (Å²) in [5.74, 6) is 0. The highest BCUT2D eigenvalue weighted by atomic mass is 32.1. The summed E-state index contributed by atoms with van der Waals surface area (Å²) in [6, 6.07) is 6.13. The van der Waals surface area contributed by atoms with Gasteiger partial charge in [-0.3, -0.25) is 0 Å². The molecule has 1 aromatic carbocycles. The lowest BCUT2D eigenvalue weighted by atomic mass is 10.1. The van der Waals surface area contributed by atoms with Gasteiger partial charge in [0.1, 0.15) is 0 Å². The normalized spacial score (nSPS) is 9.57. The molecule has 14 heavy (non-hydrogen) atoms. The van der Waals surface area contributed by atoms with Crippen LogP contribution in [0.4, 0.5) is 5.69 Å². The summed E-state index contributed by atoms with van der Waals surface area (Å²) in [5, 5.41) is 6.29. The second-order valence-electron chi connectivity index (χ2n) is 3.06. The third-order valence-corrected chi connectivity index (χ3v) is 2.18.